The van der Waals surface area contributed by atoms with E-state index < -0.39 is 0 Å². The van der Waals surface area contributed by atoms with Gasteiger partial charge >= 0.3 is 0 Å². The Morgan fingerprint density at radius 2 is 2.16 bits per heavy atom. The summed E-state index contributed by atoms with van der Waals surface area (Å²) in [5.41, 5.74) is 4.11. The lowest BCUT2D eigenvalue weighted by Crippen LogP contribution is -2.32. The third-order valence-electron chi connectivity index (χ3n) is 4.85. The summed E-state index contributed by atoms with van der Waals surface area (Å²) in [6.07, 6.45) is 8.26. The summed E-state index contributed by atoms with van der Waals surface area (Å²) in [5.74, 6) is 8.18. The summed E-state index contributed by atoms with van der Waals surface area (Å²) >= 11 is 6.34. The zero-order valence-electron chi connectivity index (χ0n) is 11.5. The Bertz CT molecular complexity index is 433. The third kappa shape index (κ3) is 2.30. The molecular weight excluding hydrogens is 260 g/mol. The van der Waals surface area contributed by atoms with Gasteiger partial charge in [0, 0.05) is 6.54 Å². The zero-order valence-corrected chi connectivity index (χ0v) is 12.2. The first kappa shape index (κ1) is 13.4. The molecule has 0 aliphatic heterocycles. The molecule has 2 fully saturated rings. The van der Waals surface area contributed by atoms with E-state index in [1.165, 1.54) is 25.7 Å². The Morgan fingerprint density at radius 1 is 1.47 bits per heavy atom. The number of aromatic nitrogens is 2. The van der Waals surface area contributed by atoms with Crippen molar-refractivity contribution >= 4 is 11.6 Å². The molecule has 2 aliphatic rings. The second-order valence-electron chi connectivity index (χ2n) is 5.93. The SMILES string of the molecule is CCCn1ncc(Cl)c1C(NN)C1C2CCCCC21. The van der Waals surface area contributed by atoms with E-state index in [0.717, 1.165) is 35.5 Å². The number of fused-ring (bicyclic) bond motifs is 1. The Balaban J connectivity index is 1.84. The number of hydrogen-bond donors (Lipinski definition) is 2. The zero-order chi connectivity index (χ0) is 13.4. The van der Waals surface area contributed by atoms with Gasteiger partial charge in [-0.1, -0.05) is 31.4 Å². The molecule has 0 amide bonds. The van der Waals surface area contributed by atoms with Crippen LogP contribution in [-0.4, -0.2) is 9.78 Å². The lowest BCUT2D eigenvalue weighted by Gasteiger charge is -2.18. The van der Waals surface area contributed by atoms with Gasteiger partial charge in [0.2, 0.25) is 0 Å². The van der Waals surface area contributed by atoms with Crippen molar-refractivity contribution in [2.75, 3.05) is 0 Å². The number of nitrogens with one attached hydrogen (secondary N) is 1. The van der Waals surface area contributed by atoms with Crippen LogP contribution in [0.2, 0.25) is 5.02 Å². The van der Waals surface area contributed by atoms with Crippen LogP contribution < -0.4 is 11.3 Å². The Morgan fingerprint density at radius 3 is 2.74 bits per heavy atom. The molecule has 3 unspecified atom stereocenters. The van der Waals surface area contributed by atoms with Gasteiger partial charge in [-0.25, -0.2) is 0 Å². The highest BCUT2D eigenvalue weighted by Gasteiger charge is 2.55. The van der Waals surface area contributed by atoms with Crippen molar-refractivity contribution in [1.82, 2.24) is 15.2 Å². The van der Waals surface area contributed by atoms with Gasteiger partial charge < -0.3 is 0 Å². The number of nitrogens with two attached hydrogens (primary N) is 1. The minimum Gasteiger partial charge on any atom is -0.271 e. The summed E-state index contributed by atoms with van der Waals surface area (Å²) in [6, 6.07) is 0.162. The van der Waals surface area contributed by atoms with Gasteiger partial charge in [-0.3, -0.25) is 16.0 Å². The number of rotatable bonds is 5. The first-order chi connectivity index (χ1) is 9.27. The molecule has 0 spiro atoms. The summed E-state index contributed by atoms with van der Waals surface area (Å²) in [7, 11) is 0. The van der Waals surface area contributed by atoms with Crippen molar-refractivity contribution in [2.45, 2.75) is 51.6 Å². The Kier molecular flexibility index (Phi) is 3.83. The highest BCUT2D eigenvalue weighted by molar-refractivity contribution is 6.31. The van der Waals surface area contributed by atoms with E-state index in [0.29, 0.717) is 5.92 Å². The molecule has 3 N–H and O–H groups in total. The second-order valence-corrected chi connectivity index (χ2v) is 6.34. The van der Waals surface area contributed by atoms with Crippen LogP contribution in [-0.2, 0) is 6.54 Å². The van der Waals surface area contributed by atoms with Crippen LogP contribution in [0.3, 0.4) is 0 Å². The first-order valence-electron chi connectivity index (χ1n) is 7.45. The molecule has 0 saturated heterocycles. The molecule has 0 bridgehead atoms. The van der Waals surface area contributed by atoms with Crippen LogP contribution in [0.15, 0.2) is 6.20 Å². The van der Waals surface area contributed by atoms with Crippen LogP contribution >= 0.6 is 11.6 Å². The molecule has 2 aliphatic carbocycles. The summed E-state index contributed by atoms with van der Waals surface area (Å²) in [4.78, 5) is 0. The van der Waals surface area contributed by atoms with Crippen molar-refractivity contribution in [3.8, 4) is 0 Å². The first-order valence-corrected chi connectivity index (χ1v) is 7.83. The molecule has 4 nitrogen and oxygen atoms in total. The number of hydrogen-bond acceptors (Lipinski definition) is 3. The maximum absolute atomic E-state index is 6.34. The molecule has 3 atom stereocenters. The fourth-order valence-corrected chi connectivity index (χ4v) is 4.24. The Labute approximate surface area is 119 Å². The standard InChI is InChI=1S/C14H23ClN4/c1-2-7-19-14(11(15)8-17-19)13(18-16)12-9-5-3-4-6-10(9)12/h8-10,12-13,18H,2-7,16H2,1H3. The smallest absolute Gasteiger partial charge is 0.0834 e. The fraction of sp³-hybridized carbons (Fsp3) is 0.786. The number of halogens is 1. The molecule has 0 radical (unpaired) electrons. The normalized spacial score (nSPS) is 31.0. The molecule has 1 aromatic heterocycles. The molecule has 19 heavy (non-hydrogen) atoms. The van der Waals surface area contributed by atoms with E-state index in [9.17, 15) is 0 Å². The van der Waals surface area contributed by atoms with Gasteiger partial charge in [0.25, 0.3) is 0 Å². The average molecular weight is 283 g/mol. The molecule has 1 heterocycles. The van der Waals surface area contributed by atoms with Crippen molar-refractivity contribution in [3.63, 3.8) is 0 Å². The van der Waals surface area contributed by atoms with Crippen LogP contribution in [0.25, 0.3) is 0 Å². The van der Waals surface area contributed by atoms with Crippen LogP contribution in [0.1, 0.15) is 50.8 Å². The number of hydrazine groups is 1. The van der Waals surface area contributed by atoms with Crippen molar-refractivity contribution in [2.24, 2.45) is 23.6 Å². The van der Waals surface area contributed by atoms with Crippen LogP contribution in [0.5, 0.6) is 0 Å². The number of nitrogens with zero attached hydrogens (tertiary/aromatic N) is 2. The Hall–Kier alpha value is -0.580. The average Bonchev–Trinajstić information content (AvgIpc) is 3.04. The molecule has 3 rings (SSSR count). The molecular formula is C14H23ClN4. The molecule has 1 aromatic rings. The highest BCUT2D eigenvalue weighted by Crippen LogP contribution is 2.60. The minimum absolute atomic E-state index is 0.162. The summed E-state index contributed by atoms with van der Waals surface area (Å²) in [5, 5.41) is 5.14. The van der Waals surface area contributed by atoms with E-state index >= 15 is 0 Å². The predicted molar refractivity (Wildman–Crippen MR) is 76.5 cm³/mol. The van der Waals surface area contributed by atoms with E-state index in [-0.39, 0.29) is 6.04 Å². The minimum atomic E-state index is 0.162. The van der Waals surface area contributed by atoms with Crippen molar-refractivity contribution in [1.29, 1.82) is 0 Å². The number of aryl methyl sites for hydroxylation is 1. The van der Waals surface area contributed by atoms with E-state index in [2.05, 4.69) is 17.4 Å². The van der Waals surface area contributed by atoms with E-state index in [1.54, 1.807) is 6.20 Å². The highest BCUT2D eigenvalue weighted by atomic mass is 35.5. The maximum Gasteiger partial charge on any atom is 0.0834 e. The maximum atomic E-state index is 6.34. The lowest BCUT2D eigenvalue weighted by atomic mass is 10.0. The molecule has 106 valence electrons. The predicted octanol–water partition coefficient (Wildman–Crippen LogP) is 2.89. The second kappa shape index (κ2) is 5.43. The van der Waals surface area contributed by atoms with Gasteiger partial charge in [-0.2, -0.15) is 5.10 Å². The molecule has 2 saturated carbocycles. The summed E-state index contributed by atoms with van der Waals surface area (Å²) < 4.78 is 2.02. The quantitative estimate of drug-likeness (QED) is 0.645. The topological polar surface area (TPSA) is 55.9 Å². The van der Waals surface area contributed by atoms with Crippen molar-refractivity contribution < 1.29 is 0 Å². The summed E-state index contributed by atoms with van der Waals surface area (Å²) in [6.45, 7) is 3.06. The monoisotopic (exact) mass is 282 g/mol. The van der Waals surface area contributed by atoms with Crippen molar-refractivity contribution in [3.05, 3.63) is 16.9 Å². The van der Waals surface area contributed by atoms with Gasteiger partial charge in [0.15, 0.2) is 0 Å². The van der Waals surface area contributed by atoms with Gasteiger partial charge in [0.1, 0.15) is 0 Å². The molecule has 0 aromatic carbocycles. The van der Waals surface area contributed by atoms with Gasteiger partial charge in [-0.15, -0.1) is 0 Å². The fourth-order valence-electron chi connectivity index (χ4n) is 3.99. The van der Waals surface area contributed by atoms with E-state index in [1.807, 2.05) is 4.68 Å². The molecule has 5 heteroatoms. The van der Waals surface area contributed by atoms with Crippen LogP contribution in [0, 0.1) is 17.8 Å². The van der Waals surface area contributed by atoms with Crippen LogP contribution in [0.4, 0.5) is 0 Å². The largest absolute Gasteiger partial charge is 0.271 e. The van der Waals surface area contributed by atoms with Gasteiger partial charge in [0.05, 0.1) is 23.0 Å². The lowest BCUT2D eigenvalue weighted by molar-refractivity contribution is 0.415. The van der Waals surface area contributed by atoms with E-state index in [4.69, 9.17) is 17.4 Å². The van der Waals surface area contributed by atoms with Gasteiger partial charge in [-0.05, 0) is 37.0 Å². The third-order valence-corrected chi connectivity index (χ3v) is 5.14.